The second-order valence-corrected chi connectivity index (χ2v) is 6.38. The molecule has 1 aliphatic rings. The Labute approximate surface area is 131 Å². The Morgan fingerprint density at radius 2 is 2.09 bits per heavy atom. The van der Waals surface area contributed by atoms with E-state index in [9.17, 15) is 9.59 Å². The highest BCUT2D eigenvalue weighted by molar-refractivity contribution is 5.94. The molecule has 1 aromatic rings. The van der Waals surface area contributed by atoms with Crippen molar-refractivity contribution < 1.29 is 14.1 Å². The maximum atomic E-state index is 12.7. The second kappa shape index (κ2) is 7.96. The van der Waals surface area contributed by atoms with Crippen LogP contribution in [0.15, 0.2) is 16.9 Å². The Bertz CT molecular complexity index is 479. The number of hydrogen-bond acceptors (Lipinski definition) is 4. The van der Waals surface area contributed by atoms with Gasteiger partial charge in [-0.15, -0.1) is 0 Å². The van der Waals surface area contributed by atoms with Crippen LogP contribution in [0.5, 0.6) is 0 Å². The topological polar surface area (TPSA) is 75.4 Å². The van der Waals surface area contributed by atoms with E-state index in [0.29, 0.717) is 18.3 Å². The highest BCUT2D eigenvalue weighted by Crippen LogP contribution is 2.25. The van der Waals surface area contributed by atoms with Crippen LogP contribution in [0.4, 0.5) is 5.82 Å². The summed E-state index contributed by atoms with van der Waals surface area (Å²) in [6.07, 6.45) is 6.71. The number of aromatic nitrogens is 1. The van der Waals surface area contributed by atoms with Gasteiger partial charge in [-0.2, -0.15) is 0 Å². The molecular weight excluding hydrogens is 282 g/mol. The molecule has 0 spiro atoms. The summed E-state index contributed by atoms with van der Waals surface area (Å²) in [4.78, 5) is 26.5. The molecule has 122 valence electrons. The van der Waals surface area contributed by atoms with Gasteiger partial charge >= 0.3 is 0 Å². The molecule has 2 rings (SSSR count). The molecular formula is C16H25N3O3. The first-order valence-electron chi connectivity index (χ1n) is 8.05. The van der Waals surface area contributed by atoms with E-state index < -0.39 is 0 Å². The smallest absolute Gasteiger partial charge is 0.245 e. The molecule has 1 saturated carbocycles. The Hall–Kier alpha value is -1.85. The number of rotatable bonds is 6. The molecule has 1 fully saturated rings. The van der Waals surface area contributed by atoms with Crippen molar-refractivity contribution in [2.45, 2.75) is 46.0 Å². The van der Waals surface area contributed by atoms with Gasteiger partial charge in [0.05, 0.1) is 6.54 Å². The first kappa shape index (κ1) is 16.5. The van der Waals surface area contributed by atoms with Gasteiger partial charge in [0, 0.05) is 18.5 Å². The second-order valence-electron chi connectivity index (χ2n) is 6.38. The first-order chi connectivity index (χ1) is 10.6. The zero-order valence-corrected chi connectivity index (χ0v) is 13.4. The summed E-state index contributed by atoms with van der Waals surface area (Å²) in [7, 11) is 0. The zero-order valence-electron chi connectivity index (χ0n) is 13.4. The molecule has 2 amide bonds. The molecule has 1 aliphatic carbocycles. The van der Waals surface area contributed by atoms with Crippen LogP contribution in [0, 0.1) is 11.8 Å². The number of amides is 2. The van der Waals surface area contributed by atoms with Crippen LogP contribution in [0.2, 0.25) is 0 Å². The van der Waals surface area contributed by atoms with E-state index in [4.69, 9.17) is 0 Å². The largest absolute Gasteiger partial charge is 0.363 e. The summed E-state index contributed by atoms with van der Waals surface area (Å²) < 4.78 is 4.68. The van der Waals surface area contributed by atoms with Crippen molar-refractivity contribution in [3.05, 3.63) is 12.3 Å². The summed E-state index contributed by atoms with van der Waals surface area (Å²) in [6, 6.07) is 1.58. The van der Waals surface area contributed by atoms with Crippen molar-refractivity contribution in [2.24, 2.45) is 11.8 Å². The molecule has 6 heteroatoms. The van der Waals surface area contributed by atoms with Crippen LogP contribution in [-0.4, -0.2) is 35.0 Å². The highest BCUT2D eigenvalue weighted by Gasteiger charge is 2.27. The van der Waals surface area contributed by atoms with Gasteiger partial charge < -0.3 is 14.7 Å². The van der Waals surface area contributed by atoms with Crippen molar-refractivity contribution in [3.63, 3.8) is 0 Å². The quantitative estimate of drug-likeness (QED) is 0.876. The lowest BCUT2D eigenvalue weighted by atomic mass is 9.88. The van der Waals surface area contributed by atoms with E-state index >= 15 is 0 Å². The van der Waals surface area contributed by atoms with Gasteiger partial charge in [0.25, 0.3) is 0 Å². The van der Waals surface area contributed by atoms with Gasteiger partial charge in [0.15, 0.2) is 5.82 Å². The summed E-state index contributed by atoms with van der Waals surface area (Å²) in [5.41, 5.74) is 0. The average Bonchev–Trinajstić information content (AvgIpc) is 2.99. The maximum Gasteiger partial charge on any atom is 0.245 e. The van der Waals surface area contributed by atoms with Crippen LogP contribution >= 0.6 is 0 Å². The Balaban J connectivity index is 1.95. The molecule has 0 saturated heterocycles. The molecule has 0 unspecified atom stereocenters. The van der Waals surface area contributed by atoms with Gasteiger partial charge in [0.2, 0.25) is 11.8 Å². The van der Waals surface area contributed by atoms with Crippen LogP contribution in [0.1, 0.15) is 46.0 Å². The van der Waals surface area contributed by atoms with Crippen LogP contribution in [0.25, 0.3) is 0 Å². The zero-order chi connectivity index (χ0) is 15.9. The minimum Gasteiger partial charge on any atom is -0.363 e. The highest BCUT2D eigenvalue weighted by atomic mass is 16.5. The van der Waals surface area contributed by atoms with Crippen LogP contribution in [0.3, 0.4) is 0 Å². The van der Waals surface area contributed by atoms with Crippen molar-refractivity contribution in [3.8, 4) is 0 Å². The predicted molar refractivity (Wildman–Crippen MR) is 83.1 cm³/mol. The fourth-order valence-corrected chi connectivity index (χ4v) is 2.91. The first-order valence-corrected chi connectivity index (χ1v) is 8.05. The lowest BCUT2D eigenvalue weighted by molar-refractivity contribution is -0.139. The summed E-state index contributed by atoms with van der Waals surface area (Å²) in [6.45, 7) is 4.77. The number of nitrogens with zero attached hydrogens (tertiary/aromatic N) is 2. The van der Waals surface area contributed by atoms with Gasteiger partial charge in [-0.05, 0) is 18.8 Å². The summed E-state index contributed by atoms with van der Waals surface area (Å²) >= 11 is 0. The lowest BCUT2D eigenvalue weighted by Gasteiger charge is -2.30. The number of carbonyl (C=O) groups excluding carboxylic acids is 2. The molecule has 22 heavy (non-hydrogen) atoms. The Kier molecular flexibility index (Phi) is 5.98. The van der Waals surface area contributed by atoms with Crippen LogP contribution < -0.4 is 5.32 Å². The van der Waals surface area contributed by atoms with E-state index in [1.165, 1.54) is 12.7 Å². The molecule has 0 aliphatic heterocycles. The van der Waals surface area contributed by atoms with Gasteiger partial charge in [-0.1, -0.05) is 38.3 Å². The summed E-state index contributed by atoms with van der Waals surface area (Å²) in [5, 5.41) is 6.29. The van der Waals surface area contributed by atoms with Gasteiger partial charge in [-0.3, -0.25) is 9.59 Å². The third kappa shape index (κ3) is 4.86. The molecule has 1 N–H and O–H groups in total. The third-order valence-corrected chi connectivity index (χ3v) is 3.89. The number of nitrogens with one attached hydrogen (secondary N) is 1. The molecule has 6 nitrogen and oxygen atoms in total. The minimum atomic E-state index is -0.237. The molecule has 1 aromatic heterocycles. The number of anilines is 1. The van der Waals surface area contributed by atoms with Crippen molar-refractivity contribution in [2.75, 3.05) is 18.4 Å². The van der Waals surface area contributed by atoms with Crippen LogP contribution in [-0.2, 0) is 9.59 Å². The van der Waals surface area contributed by atoms with Crippen molar-refractivity contribution in [1.82, 2.24) is 10.1 Å². The SMILES string of the molecule is CC(C)CN(CC(=O)Nc1ccon1)C(=O)C1CCCCC1. The summed E-state index contributed by atoms with van der Waals surface area (Å²) in [5.74, 6) is 0.654. The van der Waals surface area contributed by atoms with E-state index in [1.54, 1.807) is 11.0 Å². The van der Waals surface area contributed by atoms with E-state index in [0.717, 1.165) is 25.7 Å². The van der Waals surface area contributed by atoms with E-state index in [1.807, 2.05) is 0 Å². The molecule has 0 radical (unpaired) electrons. The number of hydrogen-bond donors (Lipinski definition) is 1. The van der Waals surface area contributed by atoms with Crippen molar-refractivity contribution >= 4 is 17.6 Å². The molecule has 0 aromatic carbocycles. The Morgan fingerprint density at radius 1 is 1.36 bits per heavy atom. The fraction of sp³-hybridized carbons (Fsp3) is 0.688. The van der Waals surface area contributed by atoms with E-state index in [2.05, 4.69) is 28.8 Å². The maximum absolute atomic E-state index is 12.7. The van der Waals surface area contributed by atoms with E-state index in [-0.39, 0.29) is 24.3 Å². The van der Waals surface area contributed by atoms with Gasteiger partial charge in [-0.25, -0.2) is 0 Å². The Morgan fingerprint density at radius 3 is 2.68 bits per heavy atom. The number of carbonyl (C=O) groups is 2. The monoisotopic (exact) mass is 307 g/mol. The normalized spacial score (nSPS) is 15.8. The lowest BCUT2D eigenvalue weighted by Crippen LogP contribution is -2.43. The molecule has 1 heterocycles. The fourth-order valence-electron chi connectivity index (χ4n) is 2.91. The average molecular weight is 307 g/mol. The van der Waals surface area contributed by atoms with Gasteiger partial charge in [0.1, 0.15) is 6.26 Å². The molecule has 0 bridgehead atoms. The standard InChI is InChI=1S/C16H25N3O3/c1-12(2)10-19(16(21)13-6-4-3-5-7-13)11-15(20)17-14-8-9-22-18-14/h8-9,12-13H,3-7,10-11H2,1-2H3,(H,17,18,20). The molecule has 0 atom stereocenters. The minimum absolute atomic E-state index is 0.0698. The third-order valence-electron chi connectivity index (χ3n) is 3.89. The predicted octanol–water partition coefficient (Wildman–Crippen LogP) is 2.68. The van der Waals surface area contributed by atoms with Crippen molar-refractivity contribution in [1.29, 1.82) is 0 Å².